The first-order valence-corrected chi connectivity index (χ1v) is 9.68. The van der Waals surface area contributed by atoms with Gasteiger partial charge in [0.15, 0.2) is 5.78 Å². The third kappa shape index (κ3) is 4.48. The number of rotatable bonds is 6. The normalized spacial score (nSPS) is 17.5. The van der Waals surface area contributed by atoms with Crippen molar-refractivity contribution in [1.29, 1.82) is 0 Å². The number of aromatic nitrogens is 3. The fourth-order valence-corrected chi connectivity index (χ4v) is 3.53. The molecule has 7 heteroatoms. The van der Waals surface area contributed by atoms with Crippen LogP contribution in [0.3, 0.4) is 0 Å². The van der Waals surface area contributed by atoms with Crippen LogP contribution in [0.15, 0.2) is 41.8 Å². The van der Waals surface area contributed by atoms with E-state index in [1.54, 1.807) is 22.8 Å². The van der Waals surface area contributed by atoms with Crippen LogP contribution in [-0.2, 0) is 11.3 Å². The Morgan fingerprint density at radius 2 is 2.08 bits per heavy atom. The Morgan fingerprint density at radius 1 is 1.28 bits per heavy atom. The van der Waals surface area contributed by atoms with Crippen LogP contribution in [0.1, 0.15) is 29.6 Å². The number of aryl methyl sites for hydroxylation is 1. The summed E-state index contributed by atoms with van der Waals surface area (Å²) in [6.45, 7) is 1.76. The summed E-state index contributed by atoms with van der Waals surface area (Å²) >= 11 is 1.66. The molecule has 3 rings (SSSR count). The van der Waals surface area contributed by atoms with Crippen molar-refractivity contribution >= 4 is 23.5 Å². The molecule has 1 aromatic heterocycles. The monoisotopic (exact) mass is 358 g/mol. The summed E-state index contributed by atoms with van der Waals surface area (Å²) in [6.07, 6.45) is 7.17. The number of hydrogen-bond donors (Lipinski definition) is 0. The lowest BCUT2D eigenvalue weighted by Crippen LogP contribution is -2.42. The Morgan fingerprint density at radius 3 is 2.76 bits per heavy atom. The lowest BCUT2D eigenvalue weighted by atomic mass is 9.90. The van der Waals surface area contributed by atoms with E-state index in [1.807, 2.05) is 35.4 Å². The summed E-state index contributed by atoms with van der Waals surface area (Å²) in [5.74, 6) is 0.108. The standard InChI is InChI=1S/C18H22N4O2S/c1-25-16-6-4-14(5-7-16)18(24)15-3-2-9-21(11-15)17(23)8-10-22-13-19-12-20-22/h4-7,12-13,15H,2-3,8-11H2,1H3/t15-/m0/s1. The number of hydrogen-bond acceptors (Lipinski definition) is 5. The molecule has 0 spiro atoms. The molecule has 1 aliphatic heterocycles. The fourth-order valence-electron chi connectivity index (χ4n) is 3.13. The summed E-state index contributed by atoms with van der Waals surface area (Å²) in [6, 6.07) is 7.73. The average molecular weight is 358 g/mol. The Bertz CT molecular complexity index is 715. The molecular formula is C18H22N4O2S. The molecule has 0 saturated carbocycles. The first kappa shape index (κ1) is 17.7. The number of ketones is 1. The average Bonchev–Trinajstić information content (AvgIpc) is 3.19. The van der Waals surface area contributed by atoms with Crippen LogP contribution in [0.5, 0.6) is 0 Å². The Balaban J connectivity index is 1.57. The minimum atomic E-state index is -0.107. The molecule has 2 heterocycles. The van der Waals surface area contributed by atoms with Gasteiger partial charge in [0.05, 0.1) is 6.54 Å². The predicted octanol–water partition coefficient (Wildman–Crippen LogP) is 2.51. The summed E-state index contributed by atoms with van der Waals surface area (Å²) in [7, 11) is 0. The number of likely N-dealkylation sites (tertiary alicyclic amines) is 1. The van der Waals surface area contributed by atoms with Gasteiger partial charge in [-0.25, -0.2) is 4.98 Å². The van der Waals surface area contributed by atoms with Crippen molar-refractivity contribution in [2.24, 2.45) is 5.92 Å². The van der Waals surface area contributed by atoms with Gasteiger partial charge in [-0.2, -0.15) is 5.10 Å². The van der Waals surface area contributed by atoms with E-state index in [2.05, 4.69) is 10.1 Å². The van der Waals surface area contributed by atoms with E-state index in [1.165, 1.54) is 6.33 Å². The highest BCUT2D eigenvalue weighted by Crippen LogP contribution is 2.23. The first-order chi connectivity index (χ1) is 12.2. The molecule has 1 aromatic carbocycles. The van der Waals surface area contributed by atoms with E-state index in [4.69, 9.17) is 0 Å². The molecule has 1 amide bonds. The van der Waals surface area contributed by atoms with Gasteiger partial charge in [0, 0.05) is 35.9 Å². The van der Waals surface area contributed by atoms with Crippen molar-refractivity contribution in [2.75, 3.05) is 19.3 Å². The second-order valence-electron chi connectivity index (χ2n) is 6.18. The van der Waals surface area contributed by atoms with Crippen LogP contribution in [0.2, 0.25) is 0 Å². The third-order valence-electron chi connectivity index (χ3n) is 4.54. The van der Waals surface area contributed by atoms with Gasteiger partial charge in [-0.3, -0.25) is 14.3 Å². The second-order valence-corrected chi connectivity index (χ2v) is 7.06. The van der Waals surface area contributed by atoms with Gasteiger partial charge in [-0.15, -0.1) is 11.8 Å². The van der Waals surface area contributed by atoms with Crippen molar-refractivity contribution in [3.8, 4) is 0 Å². The molecule has 1 aliphatic rings. The van der Waals surface area contributed by atoms with E-state index in [9.17, 15) is 9.59 Å². The molecule has 0 N–H and O–H groups in total. The maximum Gasteiger partial charge on any atom is 0.224 e. The van der Waals surface area contributed by atoms with E-state index in [0.717, 1.165) is 29.8 Å². The Kier molecular flexibility index (Phi) is 5.86. The smallest absolute Gasteiger partial charge is 0.224 e. The third-order valence-corrected chi connectivity index (χ3v) is 5.28. The van der Waals surface area contributed by atoms with Gasteiger partial charge >= 0.3 is 0 Å². The Hall–Kier alpha value is -2.15. The molecule has 1 atom stereocenters. The summed E-state index contributed by atoms with van der Waals surface area (Å²) in [5.41, 5.74) is 0.736. The minimum Gasteiger partial charge on any atom is -0.342 e. The second kappa shape index (κ2) is 8.29. The number of benzene rings is 1. The van der Waals surface area contributed by atoms with Gasteiger partial charge in [0.25, 0.3) is 0 Å². The van der Waals surface area contributed by atoms with Crippen LogP contribution in [-0.4, -0.2) is 50.7 Å². The zero-order valence-corrected chi connectivity index (χ0v) is 15.1. The van der Waals surface area contributed by atoms with Crippen molar-refractivity contribution in [2.45, 2.75) is 30.7 Å². The van der Waals surface area contributed by atoms with Gasteiger partial charge in [-0.1, -0.05) is 12.1 Å². The lowest BCUT2D eigenvalue weighted by Gasteiger charge is -2.32. The highest BCUT2D eigenvalue weighted by atomic mass is 32.2. The van der Waals surface area contributed by atoms with Crippen molar-refractivity contribution in [1.82, 2.24) is 19.7 Å². The van der Waals surface area contributed by atoms with Crippen molar-refractivity contribution in [3.05, 3.63) is 42.5 Å². The molecule has 132 valence electrons. The van der Waals surface area contributed by atoms with Crippen LogP contribution in [0.25, 0.3) is 0 Å². The largest absolute Gasteiger partial charge is 0.342 e. The van der Waals surface area contributed by atoms with Crippen LogP contribution in [0, 0.1) is 5.92 Å². The Labute approximate surface area is 151 Å². The van der Waals surface area contributed by atoms with Crippen LogP contribution in [0.4, 0.5) is 0 Å². The topological polar surface area (TPSA) is 68.1 Å². The highest BCUT2D eigenvalue weighted by molar-refractivity contribution is 7.98. The number of carbonyl (C=O) groups is 2. The zero-order chi connectivity index (χ0) is 17.6. The quantitative estimate of drug-likeness (QED) is 0.586. The maximum absolute atomic E-state index is 12.7. The zero-order valence-electron chi connectivity index (χ0n) is 14.3. The van der Waals surface area contributed by atoms with E-state index >= 15 is 0 Å². The van der Waals surface area contributed by atoms with Crippen molar-refractivity contribution < 1.29 is 9.59 Å². The summed E-state index contributed by atoms with van der Waals surface area (Å²) in [4.78, 5) is 32.0. The van der Waals surface area contributed by atoms with Gasteiger partial charge in [0.1, 0.15) is 12.7 Å². The number of piperidine rings is 1. The fraction of sp³-hybridized carbons (Fsp3) is 0.444. The number of amides is 1. The maximum atomic E-state index is 12.7. The molecule has 1 saturated heterocycles. The molecule has 25 heavy (non-hydrogen) atoms. The van der Waals surface area contributed by atoms with Gasteiger partial charge in [0.2, 0.25) is 5.91 Å². The van der Waals surface area contributed by atoms with Crippen LogP contribution < -0.4 is 0 Å². The lowest BCUT2D eigenvalue weighted by molar-refractivity contribution is -0.132. The predicted molar refractivity (Wildman–Crippen MR) is 96.5 cm³/mol. The van der Waals surface area contributed by atoms with E-state index < -0.39 is 0 Å². The molecule has 0 unspecified atom stereocenters. The number of Topliss-reactive ketones (excluding diaryl/α,β-unsaturated/α-hetero) is 1. The van der Waals surface area contributed by atoms with Gasteiger partial charge in [-0.05, 0) is 31.2 Å². The van der Waals surface area contributed by atoms with E-state index in [-0.39, 0.29) is 17.6 Å². The number of carbonyl (C=O) groups excluding carboxylic acids is 2. The molecule has 2 aromatic rings. The molecule has 0 radical (unpaired) electrons. The molecule has 1 fully saturated rings. The summed E-state index contributed by atoms with van der Waals surface area (Å²) < 4.78 is 1.65. The van der Waals surface area contributed by atoms with Gasteiger partial charge < -0.3 is 4.90 Å². The summed E-state index contributed by atoms with van der Waals surface area (Å²) in [5, 5.41) is 4.01. The molecular weight excluding hydrogens is 336 g/mol. The molecule has 0 aliphatic carbocycles. The van der Waals surface area contributed by atoms with Crippen LogP contribution >= 0.6 is 11.8 Å². The number of nitrogens with zero attached hydrogens (tertiary/aromatic N) is 4. The minimum absolute atomic E-state index is 0.0748. The number of thioether (sulfide) groups is 1. The SMILES string of the molecule is CSc1ccc(C(=O)[C@H]2CCCN(C(=O)CCn3cncn3)C2)cc1. The van der Waals surface area contributed by atoms with Crippen molar-refractivity contribution in [3.63, 3.8) is 0 Å². The highest BCUT2D eigenvalue weighted by Gasteiger charge is 2.28. The first-order valence-electron chi connectivity index (χ1n) is 8.46. The molecule has 0 bridgehead atoms. The van der Waals surface area contributed by atoms with E-state index in [0.29, 0.717) is 19.5 Å². The molecule has 6 nitrogen and oxygen atoms in total.